The van der Waals surface area contributed by atoms with E-state index < -0.39 is 14.9 Å². The van der Waals surface area contributed by atoms with Crippen molar-refractivity contribution in [3.63, 3.8) is 0 Å². The average molecular weight is 334 g/mol. The molecule has 0 aliphatic carbocycles. The Morgan fingerprint density at radius 1 is 1.43 bits per heavy atom. The van der Waals surface area contributed by atoms with Gasteiger partial charge in [0, 0.05) is 18.2 Å². The molecule has 1 aromatic heterocycles. The van der Waals surface area contributed by atoms with Crippen LogP contribution in [-0.2, 0) is 10.0 Å². The topological polar surface area (TPSA) is 119 Å². The number of nitrogens with zero attached hydrogens (tertiary/aromatic N) is 2. The van der Waals surface area contributed by atoms with E-state index in [1.807, 2.05) is 13.8 Å². The van der Waals surface area contributed by atoms with Crippen LogP contribution in [0.5, 0.6) is 0 Å². The first-order valence-electron chi connectivity index (χ1n) is 6.57. The van der Waals surface area contributed by atoms with Crippen molar-refractivity contribution in [1.29, 1.82) is 0 Å². The second-order valence-electron chi connectivity index (χ2n) is 5.15. The number of nitro groups is 1. The van der Waals surface area contributed by atoms with Gasteiger partial charge in [0.25, 0.3) is 10.0 Å². The molecule has 0 bridgehead atoms. The van der Waals surface area contributed by atoms with Crippen molar-refractivity contribution >= 4 is 32.0 Å². The molecule has 1 fully saturated rings. The summed E-state index contributed by atoms with van der Waals surface area (Å²) in [5, 5.41) is 11.0. The van der Waals surface area contributed by atoms with Crippen LogP contribution < -0.4 is 11.3 Å². The van der Waals surface area contributed by atoms with Crippen LogP contribution in [0.4, 0.5) is 10.7 Å². The minimum Gasteiger partial charge on any atom is -0.310 e. The van der Waals surface area contributed by atoms with Crippen molar-refractivity contribution in [1.82, 2.24) is 4.31 Å². The zero-order chi connectivity index (χ0) is 15.8. The van der Waals surface area contributed by atoms with Crippen LogP contribution in [0, 0.1) is 10.1 Å². The van der Waals surface area contributed by atoms with Crippen molar-refractivity contribution in [2.75, 3.05) is 5.43 Å². The lowest BCUT2D eigenvalue weighted by Crippen LogP contribution is -2.47. The molecule has 2 rings (SSSR count). The number of hydrazine groups is 1. The average Bonchev–Trinajstić information content (AvgIpc) is 2.83. The molecule has 1 aliphatic heterocycles. The summed E-state index contributed by atoms with van der Waals surface area (Å²) in [6, 6.07) is 0.840. The largest absolute Gasteiger partial charge is 0.310 e. The van der Waals surface area contributed by atoms with Gasteiger partial charge in [-0.05, 0) is 26.7 Å². The van der Waals surface area contributed by atoms with E-state index in [1.165, 1.54) is 4.31 Å². The summed E-state index contributed by atoms with van der Waals surface area (Å²) in [6.07, 6.45) is 2.56. The molecule has 3 N–H and O–H groups in total. The normalized spacial score (nSPS) is 24.0. The fourth-order valence-corrected chi connectivity index (χ4v) is 5.93. The molecule has 10 heteroatoms. The van der Waals surface area contributed by atoms with E-state index in [4.69, 9.17) is 5.84 Å². The molecule has 2 atom stereocenters. The Hall–Kier alpha value is -1.23. The number of nitrogen functional groups attached to an aromatic ring is 1. The van der Waals surface area contributed by atoms with Crippen molar-refractivity contribution in [3.8, 4) is 0 Å². The molecule has 118 valence electrons. The highest BCUT2D eigenvalue weighted by Crippen LogP contribution is 2.39. The maximum atomic E-state index is 12.8. The molecule has 1 saturated heterocycles. The molecule has 0 aromatic carbocycles. The lowest BCUT2D eigenvalue weighted by Gasteiger charge is -2.37. The van der Waals surface area contributed by atoms with E-state index in [9.17, 15) is 18.5 Å². The van der Waals surface area contributed by atoms with Gasteiger partial charge in [-0.3, -0.25) is 10.1 Å². The summed E-state index contributed by atoms with van der Waals surface area (Å²) in [6.45, 7) is 3.72. The van der Waals surface area contributed by atoms with Crippen LogP contribution in [0.25, 0.3) is 0 Å². The highest BCUT2D eigenvalue weighted by atomic mass is 32.2. The zero-order valence-corrected chi connectivity index (χ0v) is 13.4. The highest BCUT2D eigenvalue weighted by Gasteiger charge is 2.38. The van der Waals surface area contributed by atoms with Gasteiger partial charge >= 0.3 is 5.69 Å². The number of piperidine rings is 1. The Balaban J connectivity index is 2.46. The smallest absolute Gasteiger partial charge is 0.306 e. The molecule has 21 heavy (non-hydrogen) atoms. The Bertz CT molecular complexity index is 633. The predicted octanol–water partition coefficient (Wildman–Crippen LogP) is 1.89. The lowest BCUT2D eigenvalue weighted by atomic mass is 10.0. The molecule has 1 aliphatic rings. The Morgan fingerprint density at radius 3 is 2.43 bits per heavy atom. The van der Waals surface area contributed by atoms with E-state index in [0.717, 1.165) is 36.7 Å². The van der Waals surface area contributed by atoms with Gasteiger partial charge < -0.3 is 5.43 Å². The third-order valence-electron chi connectivity index (χ3n) is 3.66. The van der Waals surface area contributed by atoms with Gasteiger partial charge in [0.1, 0.15) is 4.21 Å². The summed E-state index contributed by atoms with van der Waals surface area (Å²) in [4.78, 5) is 10.3. The number of sulfonamides is 1. The monoisotopic (exact) mass is 334 g/mol. The van der Waals surface area contributed by atoms with Gasteiger partial charge in [0.05, 0.1) is 4.92 Å². The minimum atomic E-state index is -3.75. The fraction of sp³-hybridized carbons (Fsp3) is 0.636. The molecule has 0 unspecified atom stereocenters. The van der Waals surface area contributed by atoms with Crippen LogP contribution >= 0.6 is 11.3 Å². The Morgan fingerprint density at radius 2 is 2.00 bits per heavy atom. The van der Waals surface area contributed by atoms with Crippen molar-refractivity contribution in [2.24, 2.45) is 5.84 Å². The van der Waals surface area contributed by atoms with Gasteiger partial charge in [0.15, 0.2) is 5.00 Å². The second-order valence-corrected chi connectivity index (χ2v) is 8.27. The predicted molar refractivity (Wildman–Crippen MR) is 80.6 cm³/mol. The highest BCUT2D eigenvalue weighted by molar-refractivity contribution is 7.91. The molecule has 0 spiro atoms. The summed E-state index contributed by atoms with van der Waals surface area (Å²) >= 11 is 0.785. The summed E-state index contributed by atoms with van der Waals surface area (Å²) in [5.41, 5.74) is 1.87. The van der Waals surface area contributed by atoms with Crippen LogP contribution in [-0.4, -0.2) is 29.7 Å². The maximum absolute atomic E-state index is 12.8. The molecule has 0 amide bonds. The third-order valence-corrected chi connectivity index (χ3v) is 7.30. The third kappa shape index (κ3) is 2.89. The molecule has 8 nitrogen and oxygen atoms in total. The van der Waals surface area contributed by atoms with Crippen molar-refractivity contribution < 1.29 is 13.3 Å². The zero-order valence-electron chi connectivity index (χ0n) is 11.8. The van der Waals surface area contributed by atoms with Crippen molar-refractivity contribution in [3.05, 3.63) is 16.2 Å². The number of hydrogen-bond donors (Lipinski definition) is 2. The molecule has 0 saturated carbocycles. The minimum absolute atomic E-state index is 0.0379. The van der Waals surface area contributed by atoms with Gasteiger partial charge in [-0.25, -0.2) is 14.3 Å². The van der Waals surface area contributed by atoms with E-state index >= 15 is 0 Å². The van der Waals surface area contributed by atoms with Crippen LogP contribution in [0.15, 0.2) is 10.3 Å². The number of rotatable bonds is 4. The standard InChI is InChI=1S/C11H18N4O4S2/c1-7-4-3-5-8(2)14(7)21(18,19)10-6-9(15(16)17)11(13-12)20-10/h6-8,13H,3-5,12H2,1-2H3/t7-,8+. The van der Waals surface area contributed by atoms with Gasteiger partial charge in [0.2, 0.25) is 0 Å². The van der Waals surface area contributed by atoms with Crippen molar-refractivity contribution in [2.45, 2.75) is 49.4 Å². The molecule has 2 heterocycles. The molecular formula is C11H18N4O4S2. The molecule has 0 radical (unpaired) electrons. The van der Waals surface area contributed by atoms with E-state index in [2.05, 4.69) is 5.43 Å². The van der Waals surface area contributed by atoms with Crippen LogP contribution in [0.1, 0.15) is 33.1 Å². The van der Waals surface area contributed by atoms with E-state index in [0.29, 0.717) is 0 Å². The first kappa shape index (κ1) is 16.1. The van der Waals surface area contributed by atoms with Gasteiger partial charge in [-0.1, -0.05) is 17.8 Å². The van der Waals surface area contributed by atoms with Gasteiger partial charge in [-0.15, -0.1) is 0 Å². The maximum Gasteiger partial charge on any atom is 0.306 e. The van der Waals surface area contributed by atoms with E-state index in [1.54, 1.807) is 0 Å². The van der Waals surface area contributed by atoms with E-state index in [-0.39, 0.29) is 27.0 Å². The Labute approximate surface area is 127 Å². The summed E-state index contributed by atoms with van der Waals surface area (Å²) in [7, 11) is -3.75. The van der Waals surface area contributed by atoms with Crippen LogP contribution in [0.2, 0.25) is 0 Å². The Kier molecular flexibility index (Phi) is 4.51. The fourth-order valence-electron chi connectivity index (χ4n) is 2.70. The number of thiophene rings is 1. The number of nitrogens with one attached hydrogen (secondary N) is 1. The quantitative estimate of drug-likeness (QED) is 0.493. The molecule has 1 aromatic rings. The number of hydrogen-bond acceptors (Lipinski definition) is 7. The number of nitrogens with two attached hydrogens (primary N) is 1. The lowest BCUT2D eigenvalue weighted by molar-refractivity contribution is -0.383. The number of anilines is 1. The summed E-state index contributed by atoms with van der Waals surface area (Å²) in [5.74, 6) is 5.23. The van der Waals surface area contributed by atoms with Gasteiger partial charge in [-0.2, -0.15) is 4.31 Å². The first-order chi connectivity index (χ1) is 9.78. The second kappa shape index (κ2) is 5.87. The first-order valence-corrected chi connectivity index (χ1v) is 8.83. The summed E-state index contributed by atoms with van der Waals surface area (Å²) < 4.78 is 26.9. The molecular weight excluding hydrogens is 316 g/mol. The SMILES string of the molecule is C[C@@H]1CCC[C@H](C)N1S(=O)(=O)c1cc([N+](=O)[O-])c(NN)s1. The van der Waals surface area contributed by atoms with Crippen LogP contribution in [0.3, 0.4) is 0 Å².